The standard InChI is InChI=1S/C19H28N4OS/c1-6-19(5,11-13(3)4)18(24)21-23-12-15-16(22(23)7-2)14-9-8-10-20-17(14)25-15/h8-10,13H,6-7,11-12H2,1-5H3,(H,21,24). The summed E-state index contributed by atoms with van der Waals surface area (Å²) in [7, 11) is 0. The van der Waals surface area contributed by atoms with E-state index < -0.39 is 0 Å². The van der Waals surface area contributed by atoms with E-state index in [0.29, 0.717) is 12.5 Å². The molecule has 0 radical (unpaired) electrons. The summed E-state index contributed by atoms with van der Waals surface area (Å²) < 4.78 is 0. The number of hydrogen-bond donors (Lipinski definition) is 1. The van der Waals surface area contributed by atoms with Crippen LogP contribution in [0.1, 0.15) is 52.3 Å². The Morgan fingerprint density at radius 1 is 1.44 bits per heavy atom. The van der Waals surface area contributed by atoms with E-state index in [1.165, 1.54) is 16.0 Å². The van der Waals surface area contributed by atoms with Gasteiger partial charge in [-0.3, -0.25) is 15.2 Å². The van der Waals surface area contributed by atoms with Gasteiger partial charge in [0.1, 0.15) is 4.83 Å². The summed E-state index contributed by atoms with van der Waals surface area (Å²) in [5.74, 6) is 0.605. The summed E-state index contributed by atoms with van der Waals surface area (Å²) in [5, 5.41) is 5.31. The van der Waals surface area contributed by atoms with Gasteiger partial charge in [-0.25, -0.2) is 4.98 Å². The van der Waals surface area contributed by atoms with Crippen molar-refractivity contribution in [1.82, 2.24) is 15.5 Å². The van der Waals surface area contributed by atoms with Crippen LogP contribution in [0.2, 0.25) is 0 Å². The molecule has 1 atom stereocenters. The third kappa shape index (κ3) is 3.25. The van der Waals surface area contributed by atoms with Crippen molar-refractivity contribution in [2.45, 2.75) is 54.0 Å². The van der Waals surface area contributed by atoms with Gasteiger partial charge >= 0.3 is 0 Å². The smallest absolute Gasteiger partial charge is 0.241 e. The zero-order valence-electron chi connectivity index (χ0n) is 15.8. The Bertz CT molecular complexity index is 772. The predicted octanol–water partition coefficient (Wildman–Crippen LogP) is 4.35. The van der Waals surface area contributed by atoms with E-state index >= 15 is 0 Å². The van der Waals surface area contributed by atoms with Gasteiger partial charge in [0.2, 0.25) is 5.91 Å². The molecule has 0 bridgehead atoms. The topological polar surface area (TPSA) is 48.5 Å². The maximum Gasteiger partial charge on any atom is 0.241 e. The lowest BCUT2D eigenvalue weighted by Gasteiger charge is -2.35. The maximum atomic E-state index is 13.0. The number of pyridine rings is 1. The molecule has 0 spiro atoms. The van der Waals surface area contributed by atoms with Gasteiger partial charge in [-0.05, 0) is 37.8 Å². The SMILES string of the molecule is CCN1c2c(sc3ncccc23)CN1NC(=O)C(C)(CC)CC(C)C. The van der Waals surface area contributed by atoms with Crippen molar-refractivity contribution < 1.29 is 4.79 Å². The van der Waals surface area contributed by atoms with Crippen LogP contribution in [-0.4, -0.2) is 22.6 Å². The Morgan fingerprint density at radius 3 is 2.84 bits per heavy atom. The first-order chi connectivity index (χ1) is 11.9. The monoisotopic (exact) mass is 360 g/mol. The predicted molar refractivity (Wildman–Crippen MR) is 104 cm³/mol. The third-order valence-corrected chi connectivity index (χ3v) is 6.16. The molecule has 0 saturated carbocycles. The molecule has 136 valence electrons. The van der Waals surface area contributed by atoms with Gasteiger partial charge in [0, 0.05) is 23.5 Å². The summed E-state index contributed by atoms with van der Waals surface area (Å²) in [6.45, 7) is 12.1. The number of aromatic nitrogens is 1. The lowest BCUT2D eigenvalue weighted by Crippen LogP contribution is -2.53. The average molecular weight is 361 g/mol. The van der Waals surface area contributed by atoms with Crippen molar-refractivity contribution in [3.8, 4) is 0 Å². The number of thiophene rings is 1. The highest BCUT2D eigenvalue weighted by molar-refractivity contribution is 7.19. The molecule has 1 N–H and O–H groups in total. The number of fused-ring (bicyclic) bond motifs is 3. The van der Waals surface area contributed by atoms with Crippen molar-refractivity contribution in [2.75, 3.05) is 11.6 Å². The lowest BCUT2D eigenvalue weighted by atomic mass is 9.79. The van der Waals surface area contributed by atoms with Crippen molar-refractivity contribution in [3.63, 3.8) is 0 Å². The Labute approximate surface area is 154 Å². The molecule has 25 heavy (non-hydrogen) atoms. The molecule has 1 unspecified atom stereocenters. The van der Waals surface area contributed by atoms with E-state index in [2.05, 4.69) is 56.1 Å². The number of anilines is 1. The number of carbonyl (C=O) groups excluding carboxylic acids is 1. The molecule has 1 aliphatic rings. The van der Waals surface area contributed by atoms with Crippen LogP contribution in [0.3, 0.4) is 0 Å². The highest BCUT2D eigenvalue weighted by Crippen LogP contribution is 2.42. The molecule has 6 heteroatoms. The van der Waals surface area contributed by atoms with Gasteiger partial charge in [-0.15, -0.1) is 16.5 Å². The molecule has 0 aliphatic carbocycles. The van der Waals surface area contributed by atoms with Gasteiger partial charge in [-0.2, -0.15) is 0 Å². The second-order valence-corrected chi connectivity index (χ2v) is 8.54. The van der Waals surface area contributed by atoms with Crippen LogP contribution in [0.25, 0.3) is 10.2 Å². The molecule has 5 nitrogen and oxygen atoms in total. The maximum absolute atomic E-state index is 13.0. The van der Waals surface area contributed by atoms with Gasteiger partial charge < -0.3 is 0 Å². The fraction of sp³-hybridized carbons (Fsp3) is 0.579. The molecule has 2 aromatic heterocycles. The number of carbonyl (C=O) groups is 1. The third-order valence-electron chi connectivity index (χ3n) is 5.07. The van der Waals surface area contributed by atoms with Gasteiger partial charge in [-0.1, -0.05) is 27.7 Å². The first-order valence-electron chi connectivity index (χ1n) is 9.12. The summed E-state index contributed by atoms with van der Waals surface area (Å²) >= 11 is 1.71. The number of hydrogen-bond acceptors (Lipinski definition) is 5. The molecule has 2 aromatic rings. The van der Waals surface area contributed by atoms with Crippen molar-refractivity contribution >= 4 is 33.1 Å². The highest BCUT2D eigenvalue weighted by Gasteiger charge is 2.37. The zero-order valence-corrected chi connectivity index (χ0v) is 16.6. The number of nitrogens with zero attached hydrogens (tertiary/aromatic N) is 3. The van der Waals surface area contributed by atoms with Crippen LogP contribution in [0.4, 0.5) is 5.69 Å². The fourth-order valence-corrected chi connectivity index (χ4v) is 4.80. The number of hydrazine groups is 2. The largest absolute Gasteiger partial charge is 0.286 e. The first kappa shape index (κ1) is 18.1. The van der Waals surface area contributed by atoms with Gasteiger partial charge in [0.05, 0.1) is 17.1 Å². The zero-order chi connectivity index (χ0) is 18.2. The van der Waals surface area contributed by atoms with E-state index in [9.17, 15) is 4.79 Å². The summed E-state index contributed by atoms with van der Waals surface area (Å²) in [6, 6.07) is 4.09. The van der Waals surface area contributed by atoms with Crippen LogP contribution >= 0.6 is 11.3 Å². The minimum atomic E-state index is -0.340. The molecular weight excluding hydrogens is 332 g/mol. The van der Waals surface area contributed by atoms with Gasteiger partial charge in [0.15, 0.2) is 0 Å². The minimum absolute atomic E-state index is 0.111. The molecule has 0 fully saturated rings. The highest BCUT2D eigenvalue weighted by atomic mass is 32.1. The van der Waals surface area contributed by atoms with Crippen LogP contribution in [0.5, 0.6) is 0 Å². The Kier molecular flexibility index (Phi) is 5.02. The van der Waals surface area contributed by atoms with E-state index in [0.717, 1.165) is 24.2 Å². The van der Waals surface area contributed by atoms with Crippen molar-refractivity contribution in [3.05, 3.63) is 23.2 Å². The second-order valence-electron chi connectivity index (χ2n) is 7.46. The molecule has 0 aromatic carbocycles. The van der Waals surface area contributed by atoms with Crippen LogP contribution in [0, 0.1) is 11.3 Å². The van der Waals surface area contributed by atoms with E-state index in [1.807, 2.05) is 17.4 Å². The van der Waals surface area contributed by atoms with Crippen LogP contribution < -0.4 is 10.4 Å². The summed E-state index contributed by atoms with van der Waals surface area (Å²) in [4.78, 5) is 19.8. The first-order valence-corrected chi connectivity index (χ1v) is 9.93. The Hall–Kier alpha value is -1.66. The molecule has 3 rings (SSSR count). The minimum Gasteiger partial charge on any atom is -0.286 e. The fourth-order valence-electron chi connectivity index (χ4n) is 3.68. The van der Waals surface area contributed by atoms with E-state index in [-0.39, 0.29) is 11.3 Å². The summed E-state index contributed by atoms with van der Waals surface area (Å²) in [6.07, 6.45) is 3.57. The number of rotatable bonds is 6. The van der Waals surface area contributed by atoms with E-state index in [1.54, 1.807) is 11.3 Å². The van der Waals surface area contributed by atoms with Crippen molar-refractivity contribution in [1.29, 1.82) is 0 Å². The number of amides is 1. The Morgan fingerprint density at radius 2 is 2.20 bits per heavy atom. The molecule has 3 heterocycles. The lowest BCUT2D eigenvalue weighted by molar-refractivity contribution is -0.137. The summed E-state index contributed by atoms with van der Waals surface area (Å²) in [5.41, 5.74) is 4.03. The van der Waals surface area contributed by atoms with Crippen LogP contribution in [-0.2, 0) is 11.3 Å². The average Bonchev–Trinajstić information content (AvgIpc) is 3.09. The normalized spacial score (nSPS) is 17.1. The molecule has 1 amide bonds. The number of nitrogens with one attached hydrogen (secondary N) is 1. The molecule has 1 aliphatic heterocycles. The quantitative estimate of drug-likeness (QED) is 0.832. The molecular formula is C19H28N4OS. The molecule has 0 saturated heterocycles. The Balaban J connectivity index is 1.83. The van der Waals surface area contributed by atoms with Crippen molar-refractivity contribution in [2.24, 2.45) is 11.3 Å². The second kappa shape index (κ2) is 6.92. The van der Waals surface area contributed by atoms with Crippen LogP contribution in [0.15, 0.2) is 18.3 Å². The van der Waals surface area contributed by atoms with Gasteiger partial charge in [0.25, 0.3) is 0 Å². The van der Waals surface area contributed by atoms with E-state index in [4.69, 9.17) is 0 Å².